The number of aromatic nitrogens is 1. The van der Waals surface area contributed by atoms with Gasteiger partial charge in [-0.05, 0) is 37.1 Å². The molecule has 0 unspecified atom stereocenters. The van der Waals surface area contributed by atoms with E-state index < -0.39 is 26.7 Å². The Kier molecular flexibility index (Phi) is 6.34. The van der Waals surface area contributed by atoms with Gasteiger partial charge in [0, 0.05) is 23.6 Å². The van der Waals surface area contributed by atoms with Crippen LogP contribution in [0.25, 0.3) is 0 Å². The highest BCUT2D eigenvalue weighted by Gasteiger charge is 2.30. The number of halogens is 1. The van der Waals surface area contributed by atoms with Gasteiger partial charge in [0.2, 0.25) is 5.91 Å². The number of amides is 1. The number of hydrogen-bond acceptors (Lipinski definition) is 5. The molecule has 0 atom stereocenters. The summed E-state index contributed by atoms with van der Waals surface area (Å²) in [7, 11) is -3.41. The number of ether oxygens (including phenoxy) is 1. The Labute approximate surface area is 163 Å². The molecule has 1 saturated carbocycles. The Morgan fingerprint density at radius 1 is 1.26 bits per heavy atom. The van der Waals surface area contributed by atoms with Crippen LogP contribution in [0.4, 0.5) is 5.69 Å². The number of sulfone groups is 1. The molecule has 2 aromatic rings. The number of anilines is 1. The number of pyridine rings is 1. The number of nitrogens with zero attached hydrogens (tertiary/aromatic N) is 1. The van der Waals surface area contributed by atoms with Crippen molar-refractivity contribution in [3.05, 3.63) is 53.3 Å². The van der Waals surface area contributed by atoms with E-state index in [1.807, 2.05) is 12.1 Å². The maximum Gasteiger partial charge on any atom is 0.239 e. The first-order valence-electron chi connectivity index (χ1n) is 8.77. The van der Waals surface area contributed by atoms with Crippen LogP contribution in [-0.2, 0) is 21.2 Å². The Morgan fingerprint density at radius 2 is 2.04 bits per heavy atom. The monoisotopic (exact) mass is 408 g/mol. The SMILES string of the molecule is O=C(CS(=O)(=O)C1CCCC1)Nc1ccc(OCc2cccnc2)c(Cl)c1. The molecule has 0 radical (unpaired) electrons. The van der Waals surface area contributed by atoms with Crippen molar-refractivity contribution in [1.29, 1.82) is 0 Å². The van der Waals surface area contributed by atoms with Crippen LogP contribution < -0.4 is 10.1 Å². The van der Waals surface area contributed by atoms with E-state index >= 15 is 0 Å². The van der Waals surface area contributed by atoms with Crippen LogP contribution in [0.1, 0.15) is 31.2 Å². The molecule has 0 aliphatic heterocycles. The van der Waals surface area contributed by atoms with Crippen molar-refractivity contribution >= 4 is 33.0 Å². The Morgan fingerprint density at radius 3 is 2.70 bits per heavy atom. The average molecular weight is 409 g/mol. The Hall–Kier alpha value is -2.12. The van der Waals surface area contributed by atoms with E-state index in [1.54, 1.807) is 30.6 Å². The highest BCUT2D eigenvalue weighted by Crippen LogP contribution is 2.29. The largest absolute Gasteiger partial charge is 0.487 e. The summed E-state index contributed by atoms with van der Waals surface area (Å²) in [6.07, 6.45) is 6.48. The summed E-state index contributed by atoms with van der Waals surface area (Å²) in [6.45, 7) is 0.318. The molecule has 1 amide bonds. The van der Waals surface area contributed by atoms with Gasteiger partial charge in [0.1, 0.15) is 18.1 Å². The van der Waals surface area contributed by atoms with Crippen molar-refractivity contribution in [1.82, 2.24) is 4.98 Å². The molecular formula is C19H21ClN2O4S. The second kappa shape index (κ2) is 8.71. The molecule has 1 aliphatic rings. The first-order valence-corrected chi connectivity index (χ1v) is 10.9. The quantitative estimate of drug-likeness (QED) is 0.756. The van der Waals surface area contributed by atoms with E-state index in [1.165, 1.54) is 0 Å². The number of carbonyl (C=O) groups excluding carboxylic acids is 1. The minimum atomic E-state index is -3.41. The summed E-state index contributed by atoms with van der Waals surface area (Å²) < 4.78 is 30.2. The number of hydrogen-bond donors (Lipinski definition) is 1. The van der Waals surface area contributed by atoms with Crippen LogP contribution in [0.3, 0.4) is 0 Å². The summed E-state index contributed by atoms with van der Waals surface area (Å²) in [6, 6.07) is 8.52. The summed E-state index contributed by atoms with van der Waals surface area (Å²) in [5.74, 6) is -0.590. The zero-order valence-electron chi connectivity index (χ0n) is 14.7. The minimum absolute atomic E-state index is 0.318. The fourth-order valence-corrected chi connectivity index (χ4v) is 5.05. The van der Waals surface area contributed by atoms with Gasteiger partial charge in [-0.15, -0.1) is 0 Å². The maximum atomic E-state index is 12.3. The van der Waals surface area contributed by atoms with Gasteiger partial charge in [-0.1, -0.05) is 30.5 Å². The Bertz CT molecular complexity index is 897. The van der Waals surface area contributed by atoms with Crippen molar-refractivity contribution < 1.29 is 17.9 Å². The van der Waals surface area contributed by atoms with Gasteiger partial charge in [-0.2, -0.15) is 0 Å². The van der Waals surface area contributed by atoms with Gasteiger partial charge in [0.25, 0.3) is 0 Å². The van der Waals surface area contributed by atoms with Gasteiger partial charge in [0.15, 0.2) is 9.84 Å². The van der Waals surface area contributed by atoms with Gasteiger partial charge >= 0.3 is 0 Å². The van der Waals surface area contributed by atoms with E-state index in [4.69, 9.17) is 16.3 Å². The van der Waals surface area contributed by atoms with Crippen molar-refractivity contribution in [3.8, 4) is 5.75 Å². The zero-order valence-corrected chi connectivity index (χ0v) is 16.3. The van der Waals surface area contributed by atoms with E-state index in [2.05, 4.69) is 10.3 Å². The molecule has 1 aromatic carbocycles. The van der Waals surface area contributed by atoms with Gasteiger partial charge in [-0.25, -0.2) is 8.42 Å². The second-order valence-electron chi connectivity index (χ2n) is 6.56. The molecule has 1 aliphatic carbocycles. The average Bonchev–Trinajstić information content (AvgIpc) is 3.17. The van der Waals surface area contributed by atoms with Crippen molar-refractivity contribution in [3.63, 3.8) is 0 Å². The predicted octanol–water partition coefficient (Wildman–Crippen LogP) is 3.61. The maximum absolute atomic E-state index is 12.3. The third-order valence-corrected chi connectivity index (χ3v) is 6.92. The molecule has 144 valence electrons. The molecule has 0 saturated heterocycles. The van der Waals surface area contributed by atoms with E-state index in [9.17, 15) is 13.2 Å². The number of benzene rings is 1. The first-order chi connectivity index (χ1) is 12.9. The Balaban J connectivity index is 1.57. The lowest BCUT2D eigenvalue weighted by atomic mass is 10.3. The first kappa shape index (κ1) is 19.6. The normalized spacial score (nSPS) is 14.9. The molecular weight excluding hydrogens is 388 g/mol. The lowest BCUT2D eigenvalue weighted by Crippen LogP contribution is -2.29. The third kappa shape index (κ3) is 5.43. The highest BCUT2D eigenvalue weighted by molar-refractivity contribution is 7.92. The summed E-state index contributed by atoms with van der Waals surface area (Å²) in [5, 5.41) is 2.53. The van der Waals surface area contributed by atoms with Crippen LogP contribution in [0.2, 0.25) is 5.02 Å². The molecule has 1 fully saturated rings. The molecule has 3 rings (SSSR count). The van der Waals surface area contributed by atoms with Gasteiger partial charge in [0.05, 0.1) is 10.3 Å². The predicted molar refractivity (Wildman–Crippen MR) is 105 cm³/mol. The van der Waals surface area contributed by atoms with Crippen molar-refractivity contribution in [2.45, 2.75) is 37.5 Å². The smallest absolute Gasteiger partial charge is 0.239 e. The molecule has 8 heteroatoms. The van der Waals surface area contributed by atoms with E-state index in [-0.39, 0.29) is 0 Å². The van der Waals surface area contributed by atoms with E-state index in [0.29, 0.717) is 35.9 Å². The molecule has 1 heterocycles. The topological polar surface area (TPSA) is 85.4 Å². The molecule has 27 heavy (non-hydrogen) atoms. The van der Waals surface area contributed by atoms with Crippen LogP contribution in [0, 0.1) is 0 Å². The summed E-state index contributed by atoms with van der Waals surface area (Å²) in [5.41, 5.74) is 1.34. The molecule has 0 bridgehead atoms. The zero-order chi connectivity index (χ0) is 19.3. The van der Waals surface area contributed by atoms with Crippen LogP contribution in [-0.4, -0.2) is 30.3 Å². The number of nitrogens with one attached hydrogen (secondary N) is 1. The molecule has 0 spiro atoms. The van der Waals surface area contributed by atoms with E-state index in [0.717, 1.165) is 18.4 Å². The second-order valence-corrected chi connectivity index (χ2v) is 9.25. The lowest BCUT2D eigenvalue weighted by molar-refractivity contribution is -0.113. The standard InChI is InChI=1S/C19H21ClN2O4S/c20-17-10-15(7-8-18(17)26-12-14-4-3-9-21-11-14)22-19(23)13-27(24,25)16-5-1-2-6-16/h3-4,7-11,16H,1-2,5-6,12-13H2,(H,22,23). The number of rotatable bonds is 7. The van der Waals surface area contributed by atoms with Gasteiger partial charge < -0.3 is 10.1 Å². The van der Waals surface area contributed by atoms with Crippen LogP contribution >= 0.6 is 11.6 Å². The van der Waals surface area contributed by atoms with Crippen molar-refractivity contribution in [2.24, 2.45) is 0 Å². The fourth-order valence-electron chi connectivity index (χ4n) is 3.09. The summed E-state index contributed by atoms with van der Waals surface area (Å²) >= 11 is 6.21. The lowest BCUT2D eigenvalue weighted by Gasteiger charge is -2.12. The number of carbonyl (C=O) groups is 1. The minimum Gasteiger partial charge on any atom is -0.487 e. The fraction of sp³-hybridized carbons (Fsp3) is 0.368. The third-order valence-electron chi connectivity index (χ3n) is 4.48. The van der Waals surface area contributed by atoms with Gasteiger partial charge in [-0.3, -0.25) is 9.78 Å². The molecule has 6 nitrogen and oxygen atoms in total. The van der Waals surface area contributed by atoms with Crippen LogP contribution in [0.15, 0.2) is 42.7 Å². The highest BCUT2D eigenvalue weighted by atomic mass is 35.5. The summed E-state index contributed by atoms with van der Waals surface area (Å²) in [4.78, 5) is 16.1. The molecule has 1 aromatic heterocycles. The molecule has 1 N–H and O–H groups in total. The van der Waals surface area contributed by atoms with Crippen LogP contribution in [0.5, 0.6) is 5.75 Å². The van der Waals surface area contributed by atoms with Crippen molar-refractivity contribution in [2.75, 3.05) is 11.1 Å².